The van der Waals surface area contributed by atoms with Gasteiger partial charge in [-0.3, -0.25) is 0 Å². The van der Waals surface area contributed by atoms with Crippen molar-refractivity contribution in [3.05, 3.63) is 34.9 Å². The van der Waals surface area contributed by atoms with Crippen molar-refractivity contribution in [2.45, 2.75) is 33.2 Å². The van der Waals surface area contributed by atoms with E-state index in [4.69, 9.17) is 0 Å². The highest BCUT2D eigenvalue weighted by atomic mass is 15.1. The second kappa shape index (κ2) is 6.77. The summed E-state index contributed by atoms with van der Waals surface area (Å²) in [5.41, 5.74) is 4.16. The van der Waals surface area contributed by atoms with Crippen LogP contribution in [0, 0.1) is 13.8 Å². The van der Waals surface area contributed by atoms with Crippen molar-refractivity contribution in [2.75, 3.05) is 27.2 Å². The van der Waals surface area contributed by atoms with Gasteiger partial charge in [-0.2, -0.15) is 0 Å². The fourth-order valence-corrected chi connectivity index (χ4v) is 2.40. The van der Waals surface area contributed by atoms with Crippen LogP contribution in [0.3, 0.4) is 0 Å². The van der Waals surface area contributed by atoms with Crippen molar-refractivity contribution in [1.82, 2.24) is 10.2 Å². The molecule has 1 aromatic rings. The number of aryl methyl sites for hydroxylation is 2. The van der Waals surface area contributed by atoms with Crippen molar-refractivity contribution in [2.24, 2.45) is 0 Å². The molecule has 2 heteroatoms. The molecule has 0 saturated carbocycles. The second-order valence-corrected chi connectivity index (χ2v) is 5.22. The summed E-state index contributed by atoms with van der Waals surface area (Å²) in [5, 5.41) is 3.56. The van der Waals surface area contributed by atoms with Gasteiger partial charge in [-0.05, 0) is 46.5 Å². The average molecular weight is 234 g/mol. The number of benzene rings is 1. The Kier molecular flexibility index (Phi) is 5.66. The third-order valence-electron chi connectivity index (χ3n) is 2.84. The lowest BCUT2D eigenvalue weighted by molar-refractivity contribution is 0.339. The molecule has 0 saturated heterocycles. The van der Waals surface area contributed by atoms with Crippen LogP contribution in [0.25, 0.3) is 0 Å². The van der Waals surface area contributed by atoms with Crippen LogP contribution >= 0.6 is 0 Å². The summed E-state index contributed by atoms with van der Waals surface area (Å²) < 4.78 is 0. The van der Waals surface area contributed by atoms with E-state index < -0.39 is 0 Å². The van der Waals surface area contributed by atoms with Crippen LogP contribution in [-0.2, 0) is 6.42 Å². The van der Waals surface area contributed by atoms with Crippen molar-refractivity contribution in [1.29, 1.82) is 0 Å². The Bertz CT molecular complexity index is 325. The number of likely N-dealkylation sites (N-methyl/N-ethyl adjacent to an activating group) is 2. The molecular formula is C15H26N2. The lowest BCUT2D eigenvalue weighted by atomic mass is 10.0. The zero-order chi connectivity index (χ0) is 12.8. The molecule has 1 atom stereocenters. The van der Waals surface area contributed by atoms with Crippen molar-refractivity contribution in [3.8, 4) is 0 Å². The molecule has 1 aromatic carbocycles. The van der Waals surface area contributed by atoms with Crippen molar-refractivity contribution >= 4 is 0 Å². The monoisotopic (exact) mass is 234 g/mol. The van der Waals surface area contributed by atoms with Gasteiger partial charge in [-0.25, -0.2) is 0 Å². The molecule has 0 radical (unpaired) electrons. The Morgan fingerprint density at radius 1 is 1.12 bits per heavy atom. The third kappa shape index (κ3) is 5.33. The van der Waals surface area contributed by atoms with Gasteiger partial charge < -0.3 is 10.2 Å². The van der Waals surface area contributed by atoms with E-state index in [-0.39, 0.29) is 0 Å². The summed E-state index contributed by atoms with van der Waals surface area (Å²) in [4.78, 5) is 2.25. The Labute approximate surface area is 106 Å². The molecule has 1 unspecified atom stereocenters. The Hall–Kier alpha value is -0.860. The summed E-state index contributed by atoms with van der Waals surface area (Å²) in [7, 11) is 4.26. The van der Waals surface area contributed by atoms with Gasteiger partial charge in [0.25, 0.3) is 0 Å². The summed E-state index contributed by atoms with van der Waals surface area (Å²) in [6, 6.07) is 7.37. The highest BCUT2D eigenvalue weighted by Crippen LogP contribution is 2.11. The van der Waals surface area contributed by atoms with Gasteiger partial charge >= 0.3 is 0 Å². The van der Waals surface area contributed by atoms with E-state index in [1.807, 2.05) is 0 Å². The Morgan fingerprint density at radius 2 is 1.71 bits per heavy atom. The van der Waals surface area contributed by atoms with Gasteiger partial charge in [-0.1, -0.05) is 36.2 Å². The summed E-state index contributed by atoms with van der Waals surface area (Å²) >= 11 is 0. The maximum Gasteiger partial charge on any atom is 0.0235 e. The number of nitrogens with one attached hydrogen (secondary N) is 1. The maximum atomic E-state index is 3.56. The SMILES string of the molecule is CCNC(Cc1cc(C)cc(C)c1)CN(C)C. The molecule has 1 N–H and O–H groups in total. The normalized spacial score (nSPS) is 13.1. The van der Waals surface area contributed by atoms with Crippen molar-refractivity contribution < 1.29 is 0 Å². The molecule has 17 heavy (non-hydrogen) atoms. The minimum absolute atomic E-state index is 0.538. The first-order valence-corrected chi connectivity index (χ1v) is 6.46. The lowest BCUT2D eigenvalue weighted by Gasteiger charge is -2.22. The van der Waals surface area contributed by atoms with E-state index in [0.717, 1.165) is 19.5 Å². The maximum absolute atomic E-state index is 3.56. The van der Waals surface area contributed by atoms with Crippen LogP contribution in [0.5, 0.6) is 0 Å². The standard InChI is InChI=1S/C15H26N2/c1-6-16-15(11-17(4)5)10-14-8-12(2)7-13(3)9-14/h7-9,15-16H,6,10-11H2,1-5H3. The minimum Gasteiger partial charge on any atom is -0.313 e. The third-order valence-corrected chi connectivity index (χ3v) is 2.84. The summed E-state index contributed by atoms with van der Waals surface area (Å²) in [6.07, 6.45) is 1.11. The predicted octanol–water partition coefficient (Wildman–Crippen LogP) is 2.39. The van der Waals surface area contributed by atoms with Crippen LogP contribution < -0.4 is 5.32 Å². The molecule has 0 amide bonds. The topological polar surface area (TPSA) is 15.3 Å². The quantitative estimate of drug-likeness (QED) is 0.813. The molecule has 0 aliphatic rings. The van der Waals surface area contributed by atoms with E-state index in [2.05, 4.69) is 63.3 Å². The average Bonchev–Trinajstić information content (AvgIpc) is 2.14. The first-order valence-electron chi connectivity index (χ1n) is 6.46. The summed E-state index contributed by atoms with van der Waals surface area (Å²) in [5.74, 6) is 0. The van der Waals surface area contributed by atoms with E-state index in [0.29, 0.717) is 6.04 Å². The summed E-state index contributed by atoms with van der Waals surface area (Å²) in [6.45, 7) is 8.63. The van der Waals surface area contributed by atoms with Gasteiger partial charge in [0.1, 0.15) is 0 Å². The fraction of sp³-hybridized carbons (Fsp3) is 0.600. The van der Waals surface area contributed by atoms with E-state index >= 15 is 0 Å². The van der Waals surface area contributed by atoms with Gasteiger partial charge in [0.05, 0.1) is 0 Å². The van der Waals surface area contributed by atoms with E-state index in [1.165, 1.54) is 16.7 Å². The van der Waals surface area contributed by atoms with Crippen LogP contribution in [0.15, 0.2) is 18.2 Å². The predicted molar refractivity (Wildman–Crippen MR) is 75.6 cm³/mol. The molecule has 0 aliphatic carbocycles. The first kappa shape index (κ1) is 14.2. The molecule has 0 bridgehead atoms. The lowest BCUT2D eigenvalue weighted by Crippen LogP contribution is -2.39. The first-order chi connectivity index (χ1) is 8.01. The molecule has 1 rings (SSSR count). The van der Waals surface area contributed by atoms with Crippen LogP contribution in [0.4, 0.5) is 0 Å². The largest absolute Gasteiger partial charge is 0.313 e. The zero-order valence-electron chi connectivity index (χ0n) is 11.9. The molecule has 96 valence electrons. The van der Waals surface area contributed by atoms with Crippen LogP contribution in [0.1, 0.15) is 23.6 Å². The molecular weight excluding hydrogens is 208 g/mol. The zero-order valence-corrected chi connectivity index (χ0v) is 11.9. The Morgan fingerprint density at radius 3 is 2.18 bits per heavy atom. The van der Waals surface area contributed by atoms with Gasteiger partial charge in [-0.15, -0.1) is 0 Å². The molecule has 0 spiro atoms. The number of rotatable bonds is 6. The minimum atomic E-state index is 0.538. The molecule has 0 aromatic heterocycles. The van der Waals surface area contributed by atoms with E-state index in [9.17, 15) is 0 Å². The van der Waals surface area contributed by atoms with Gasteiger partial charge in [0.2, 0.25) is 0 Å². The highest BCUT2D eigenvalue weighted by Gasteiger charge is 2.09. The second-order valence-electron chi connectivity index (χ2n) is 5.22. The van der Waals surface area contributed by atoms with Gasteiger partial charge in [0, 0.05) is 12.6 Å². The molecule has 0 heterocycles. The highest BCUT2D eigenvalue weighted by molar-refractivity contribution is 5.29. The molecule has 0 fully saturated rings. The van der Waals surface area contributed by atoms with Crippen LogP contribution in [-0.4, -0.2) is 38.1 Å². The smallest absolute Gasteiger partial charge is 0.0235 e. The van der Waals surface area contributed by atoms with E-state index in [1.54, 1.807) is 0 Å². The fourth-order valence-electron chi connectivity index (χ4n) is 2.40. The molecule has 0 aliphatic heterocycles. The number of hydrogen-bond donors (Lipinski definition) is 1. The Balaban J connectivity index is 2.70. The van der Waals surface area contributed by atoms with Crippen LogP contribution in [0.2, 0.25) is 0 Å². The number of nitrogens with zero attached hydrogens (tertiary/aromatic N) is 1. The number of hydrogen-bond acceptors (Lipinski definition) is 2. The van der Waals surface area contributed by atoms with Gasteiger partial charge in [0.15, 0.2) is 0 Å². The van der Waals surface area contributed by atoms with Crippen molar-refractivity contribution in [3.63, 3.8) is 0 Å². The molecule has 2 nitrogen and oxygen atoms in total.